The molecular weight excluding hydrogens is 228 g/mol. The molecule has 0 saturated carbocycles. The van der Waals surface area contributed by atoms with Gasteiger partial charge in [0.1, 0.15) is 0 Å². The van der Waals surface area contributed by atoms with Crippen LogP contribution in [0.3, 0.4) is 0 Å². The van der Waals surface area contributed by atoms with Gasteiger partial charge in [-0.1, -0.05) is 0 Å². The zero-order valence-corrected chi connectivity index (χ0v) is 9.94. The van der Waals surface area contributed by atoms with E-state index >= 15 is 0 Å². The van der Waals surface area contributed by atoms with Crippen molar-refractivity contribution in [2.24, 2.45) is 5.92 Å². The van der Waals surface area contributed by atoms with Crippen molar-refractivity contribution in [2.75, 3.05) is 32.9 Å². The molecule has 2 N–H and O–H groups in total. The quantitative estimate of drug-likeness (QED) is 0.660. The molecule has 0 aromatic carbocycles. The highest BCUT2D eigenvalue weighted by molar-refractivity contribution is 7.89. The molecule has 1 fully saturated rings. The second-order valence-electron chi connectivity index (χ2n) is 3.55. The first-order valence-electron chi connectivity index (χ1n) is 4.22. The van der Waals surface area contributed by atoms with Crippen molar-refractivity contribution in [3.05, 3.63) is 0 Å². The number of nitrogens with zero attached hydrogens (tertiary/aromatic N) is 1. The van der Waals surface area contributed by atoms with Crippen LogP contribution in [0.15, 0.2) is 0 Å². The Morgan fingerprint density at radius 1 is 1.43 bits per heavy atom. The maximum Gasteiger partial charge on any atom is 0.214 e. The van der Waals surface area contributed by atoms with Crippen LogP contribution < -0.4 is 5.32 Å². The van der Waals surface area contributed by atoms with Gasteiger partial charge in [0.2, 0.25) is 10.0 Å². The van der Waals surface area contributed by atoms with E-state index in [4.69, 9.17) is 0 Å². The molecule has 0 spiro atoms. The fourth-order valence-electron chi connectivity index (χ4n) is 1.31. The number of aliphatic hydroxyl groups is 1. The predicted octanol–water partition coefficient (Wildman–Crippen LogP) is -1.12. The largest absolute Gasteiger partial charge is 0.391 e. The molecule has 2 atom stereocenters. The Labute approximate surface area is 90.9 Å². The molecule has 1 aliphatic rings. The van der Waals surface area contributed by atoms with Gasteiger partial charge >= 0.3 is 0 Å². The monoisotopic (exact) mass is 244 g/mol. The molecule has 0 aromatic heterocycles. The summed E-state index contributed by atoms with van der Waals surface area (Å²) in [6.45, 7) is 1.07. The number of rotatable bonds is 3. The van der Waals surface area contributed by atoms with Crippen molar-refractivity contribution in [1.82, 2.24) is 9.62 Å². The Hall–Kier alpha value is 0.120. The van der Waals surface area contributed by atoms with E-state index in [9.17, 15) is 13.5 Å². The smallest absolute Gasteiger partial charge is 0.214 e. The Morgan fingerprint density at radius 2 is 2.00 bits per heavy atom. The minimum atomic E-state index is -3.18. The van der Waals surface area contributed by atoms with Gasteiger partial charge in [0, 0.05) is 33.1 Å². The van der Waals surface area contributed by atoms with Gasteiger partial charge in [-0.25, -0.2) is 12.7 Å². The summed E-state index contributed by atoms with van der Waals surface area (Å²) in [6.07, 6.45) is -0.533. The molecule has 86 valence electrons. The molecule has 5 nitrogen and oxygen atoms in total. The molecule has 0 unspecified atom stereocenters. The molecule has 0 aliphatic carbocycles. The molecule has 14 heavy (non-hydrogen) atoms. The first-order valence-corrected chi connectivity index (χ1v) is 5.83. The van der Waals surface area contributed by atoms with Gasteiger partial charge in [-0.2, -0.15) is 0 Å². The zero-order valence-electron chi connectivity index (χ0n) is 8.30. The summed E-state index contributed by atoms with van der Waals surface area (Å²) in [6, 6.07) is 0. The van der Waals surface area contributed by atoms with E-state index in [1.807, 2.05) is 0 Å². The van der Waals surface area contributed by atoms with Crippen LogP contribution in [0.1, 0.15) is 0 Å². The minimum absolute atomic E-state index is 0. The third-order valence-electron chi connectivity index (χ3n) is 2.29. The van der Waals surface area contributed by atoms with Crippen LogP contribution in [0.5, 0.6) is 0 Å². The lowest BCUT2D eigenvalue weighted by Gasteiger charge is -2.16. The number of aliphatic hydroxyl groups excluding tert-OH is 1. The highest BCUT2D eigenvalue weighted by Gasteiger charge is 2.30. The van der Waals surface area contributed by atoms with Crippen molar-refractivity contribution >= 4 is 22.4 Å². The predicted molar refractivity (Wildman–Crippen MR) is 57.1 cm³/mol. The van der Waals surface area contributed by atoms with E-state index in [0.717, 1.165) is 0 Å². The second-order valence-corrected chi connectivity index (χ2v) is 5.77. The SMILES string of the molecule is CN(C)S(=O)(=O)C[C@@H]1CNC[C@@H]1O.Cl. The molecule has 1 aliphatic heterocycles. The average Bonchev–Trinajstić information content (AvgIpc) is 2.35. The van der Waals surface area contributed by atoms with Crippen LogP contribution in [0, 0.1) is 5.92 Å². The highest BCUT2D eigenvalue weighted by Crippen LogP contribution is 2.12. The summed E-state index contributed by atoms with van der Waals surface area (Å²) < 4.78 is 24.0. The van der Waals surface area contributed by atoms with Gasteiger partial charge in [-0.15, -0.1) is 12.4 Å². The van der Waals surface area contributed by atoms with Gasteiger partial charge in [0.05, 0.1) is 11.9 Å². The van der Waals surface area contributed by atoms with Gasteiger partial charge in [0.25, 0.3) is 0 Å². The summed E-state index contributed by atoms with van der Waals surface area (Å²) in [5, 5.41) is 12.3. The van der Waals surface area contributed by atoms with Crippen LogP contribution >= 0.6 is 12.4 Å². The van der Waals surface area contributed by atoms with Crippen molar-refractivity contribution in [3.8, 4) is 0 Å². The highest BCUT2D eigenvalue weighted by atomic mass is 35.5. The Balaban J connectivity index is 0.00000169. The van der Waals surface area contributed by atoms with Crippen LogP contribution in [0.2, 0.25) is 0 Å². The fourth-order valence-corrected chi connectivity index (χ4v) is 2.49. The molecule has 0 amide bonds. The lowest BCUT2D eigenvalue weighted by Crippen LogP contribution is -2.33. The van der Waals surface area contributed by atoms with E-state index in [-0.39, 0.29) is 24.1 Å². The summed E-state index contributed by atoms with van der Waals surface area (Å²) in [5.41, 5.74) is 0. The van der Waals surface area contributed by atoms with Gasteiger partial charge in [-0.3, -0.25) is 0 Å². The first kappa shape index (κ1) is 14.1. The zero-order chi connectivity index (χ0) is 10.1. The van der Waals surface area contributed by atoms with Crippen LogP contribution in [0.4, 0.5) is 0 Å². The Bertz CT molecular complexity index is 268. The van der Waals surface area contributed by atoms with E-state index in [1.165, 1.54) is 18.4 Å². The lowest BCUT2D eigenvalue weighted by atomic mass is 10.1. The molecule has 0 radical (unpaired) electrons. The van der Waals surface area contributed by atoms with Gasteiger partial charge in [-0.05, 0) is 0 Å². The summed E-state index contributed by atoms with van der Waals surface area (Å²) in [5.74, 6) is -0.152. The van der Waals surface area contributed by atoms with Crippen molar-refractivity contribution in [3.63, 3.8) is 0 Å². The normalized spacial score (nSPS) is 27.7. The fraction of sp³-hybridized carbons (Fsp3) is 1.00. The number of nitrogens with one attached hydrogen (secondary N) is 1. The third kappa shape index (κ3) is 3.36. The standard InChI is InChI=1S/C7H16N2O3S.ClH/c1-9(2)13(11,12)5-6-3-8-4-7(6)10;/h6-8,10H,3-5H2,1-2H3;1H/t6-,7-;/m0./s1. The molecule has 7 heteroatoms. The lowest BCUT2D eigenvalue weighted by molar-refractivity contribution is 0.157. The topological polar surface area (TPSA) is 69.6 Å². The molecule has 1 rings (SSSR count). The number of β-amino-alcohol motifs (C(OH)–C–C–N with tert-alkyl or cyclic N) is 1. The summed E-state index contributed by atoms with van der Waals surface area (Å²) in [4.78, 5) is 0. The van der Waals surface area contributed by atoms with Crippen molar-refractivity contribution < 1.29 is 13.5 Å². The molecule has 0 aromatic rings. The minimum Gasteiger partial charge on any atom is -0.391 e. The number of halogens is 1. The number of hydrogen-bond acceptors (Lipinski definition) is 4. The Kier molecular flexibility index (Phi) is 5.32. The van der Waals surface area contributed by atoms with Crippen molar-refractivity contribution in [2.45, 2.75) is 6.10 Å². The molecule has 1 heterocycles. The third-order valence-corrected chi connectivity index (χ3v) is 4.25. The number of sulfonamides is 1. The molecule has 1 saturated heterocycles. The van der Waals surface area contributed by atoms with E-state index in [0.29, 0.717) is 13.1 Å². The van der Waals surface area contributed by atoms with Crippen LogP contribution in [0.25, 0.3) is 0 Å². The molecule has 0 bridgehead atoms. The summed E-state index contributed by atoms with van der Waals surface area (Å²) in [7, 11) is -0.173. The maximum absolute atomic E-state index is 11.4. The second kappa shape index (κ2) is 5.27. The van der Waals surface area contributed by atoms with E-state index in [2.05, 4.69) is 5.32 Å². The van der Waals surface area contributed by atoms with Gasteiger partial charge in [0.15, 0.2) is 0 Å². The maximum atomic E-state index is 11.4. The van der Waals surface area contributed by atoms with Crippen LogP contribution in [-0.4, -0.2) is 56.9 Å². The average molecular weight is 245 g/mol. The van der Waals surface area contributed by atoms with E-state index in [1.54, 1.807) is 0 Å². The Morgan fingerprint density at radius 3 is 2.36 bits per heavy atom. The summed E-state index contributed by atoms with van der Waals surface area (Å²) >= 11 is 0. The van der Waals surface area contributed by atoms with E-state index < -0.39 is 16.1 Å². The number of hydrogen-bond donors (Lipinski definition) is 2. The van der Waals surface area contributed by atoms with Gasteiger partial charge < -0.3 is 10.4 Å². The molecular formula is C7H17ClN2O3S. The van der Waals surface area contributed by atoms with Crippen LogP contribution in [-0.2, 0) is 10.0 Å². The first-order chi connectivity index (χ1) is 5.93. The van der Waals surface area contributed by atoms with Crippen molar-refractivity contribution in [1.29, 1.82) is 0 Å².